The van der Waals surface area contributed by atoms with Crippen molar-refractivity contribution < 1.29 is 14.3 Å². The molecule has 0 spiro atoms. The molecule has 0 saturated carbocycles. The zero-order valence-electron chi connectivity index (χ0n) is 16.4. The smallest absolute Gasteiger partial charge is 0.412 e. The van der Waals surface area contributed by atoms with Crippen LogP contribution in [0.25, 0.3) is 0 Å². The number of rotatable bonds is 5. The number of anilines is 2. The quantitative estimate of drug-likeness (QED) is 0.687. The van der Waals surface area contributed by atoms with Crippen molar-refractivity contribution in [3.8, 4) is 0 Å². The monoisotopic (exact) mass is 394 g/mol. The predicted octanol–water partition coefficient (Wildman–Crippen LogP) is 3.32. The van der Waals surface area contributed by atoms with Crippen molar-refractivity contribution in [2.75, 3.05) is 10.6 Å². The Bertz CT molecular complexity index is 995. The zero-order valence-corrected chi connectivity index (χ0v) is 16.4. The van der Waals surface area contributed by atoms with Crippen LogP contribution in [-0.2, 0) is 11.3 Å². The van der Waals surface area contributed by atoms with Gasteiger partial charge in [-0.15, -0.1) is 0 Å². The van der Waals surface area contributed by atoms with Gasteiger partial charge in [-0.1, -0.05) is 0 Å². The molecule has 3 aromatic rings. The van der Waals surface area contributed by atoms with Gasteiger partial charge in [0.2, 0.25) is 0 Å². The summed E-state index contributed by atoms with van der Waals surface area (Å²) in [6.45, 7) is 5.83. The van der Waals surface area contributed by atoms with E-state index >= 15 is 0 Å². The number of amides is 2. The Balaban J connectivity index is 1.68. The third-order valence-electron chi connectivity index (χ3n) is 3.68. The van der Waals surface area contributed by atoms with E-state index in [4.69, 9.17) is 4.74 Å². The van der Waals surface area contributed by atoms with Crippen LogP contribution in [0.5, 0.6) is 0 Å². The molecule has 150 valence electrons. The Kier molecular flexibility index (Phi) is 5.87. The lowest BCUT2D eigenvalue weighted by Gasteiger charge is -2.20. The minimum Gasteiger partial charge on any atom is -0.444 e. The predicted molar refractivity (Wildman–Crippen MR) is 108 cm³/mol. The van der Waals surface area contributed by atoms with Gasteiger partial charge >= 0.3 is 6.09 Å². The van der Waals surface area contributed by atoms with Crippen molar-refractivity contribution in [1.82, 2.24) is 19.7 Å². The molecule has 0 aromatic carbocycles. The highest BCUT2D eigenvalue weighted by molar-refractivity contribution is 6.09. The van der Waals surface area contributed by atoms with Crippen molar-refractivity contribution in [1.29, 1.82) is 0 Å². The van der Waals surface area contributed by atoms with E-state index in [-0.39, 0.29) is 5.56 Å². The van der Waals surface area contributed by atoms with Crippen LogP contribution in [0.4, 0.5) is 16.3 Å². The molecule has 3 rings (SSSR count). The molecule has 9 nitrogen and oxygen atoms in total. The van der Waals surface area contributed by atoms with Gasteiger partial charge < -0.3 is 10.1 Å². The molecule has 0 fully saturated rings. The second kappa shape index (κ2) is 8.51. The van der Waals surface area contributed by atoms with E-state index in [1.54, 1.807) is 50.1 Å². The van der Waals surface area contributed by atoms with Crippen molar-refractivity contribution in [2.24, 2.45) is 0 Å². The average Bonchev–Trinajstić information content (AvgIpc) is 3.08. The summed E-state index contributed by atoms with van der Waals surface area (Å²) in [5.41, 5.74) is 0.878. The SMILES string of the molecule is CC(C)(C)OC(=O)Nc1ccncc1C(=O)Nc1ccn(Cc2ccncc2)n1. The molecule has 0 aliphatic carbocycles. The number of nitrogens with zero attached hydrogens (tertiary/aromatic N) is 4. The first kappa shape index (κ1) is 20.0. The first-order valence-corrected chi connectivity index (χ1v) is 8.98. The van der Waals surface area contributed by atoms with Crippen molar-refractivity contribution in [3.63, 3.8) is 0 Å². The minimum absolute atomic E-state index is 0.196. The van der Waals surface area contributed by atoms with E-state index in [1.165, 1.54) is 18.5 Å². The maximum absolute atomic E-state index is 12.7. The highest BCUT2D eigenvalue weighted by Gasteiger charge is 2.19. The van der Waals surface area contributed by atoms with Gasteiger partial charge in [-0.3, -0.25) is 24.8 Å². The molecule has 29 heavy (non-hydrogen) atoms. The number of carbonyl (C=O) groups excluding carboxylic acids is 2. The molecule has 2 N–H and O–H groups in total. The Morgan fingerprint density at radius 1 is 1.03 bits per heavy atom. The van der Waals surface area contributed by atoms with E-state index in [0.29, 0.717) is 18.1 Å². The number of hydrogen-bond donors (Lipinski definition) is 2. The summed E-state index contributed by atoms with van der Waals surface area (Å²) >= 11 is 0. The van der Waals surface area contributed by atoms with Gasteiger partial charge in [0.15, 0.2) is 5.82 Å². The maximum atomic E-state index is 12.7. The molecule has 0 unspecified atom stereocenters. The molecule has 3 heterocycles. The number of hydrogen-bond acceptors (Lipinski definition) is 6. The van der Waals surface area contributed by atoms with Crippen LogP contribution >= 0.6 is 0 Å². The van der Waals surface area contributed by atoms with Crippen molar-refractivity contribution in [3.05, 3.63) is 66.4 Å². The van der Waals surface area contributed by atoms with Gasteiger partial charge in [0, 0.05) is 37.1 Å². The zero-order chi connectivity index (χ0) is 20.9. The molecule has 0 aliphatic heterocycles. The number of aromatic nitrogens is 4. The normalized spacial score (nSPS) is 11.0. The van der Waals surface area contributed by atoms with Gasteiger partial charge in [-0.05, 0) is 44.5 Å². The third kappa shape index (κ3) is 5.86. The molecule has 0 atom stereocenters. The highest BCUT2D eigenvalue weighted by Crippen LogP contribution is 2.17. The Morgan fingerprint density at radius 2 is 1.76 bits per heavy atom. The largest absolute Gasteiger partial charge is 0.444 e. The molecule has 0 saturated heterocycles. The first-order valence-electron chi connectivity index (χ1n) is 8.98. The second-order valence-electron chi connectivity index (χ2n) is 7.26. The molecule has 2 amide bonds. The Labute approximate surface area is 168 Å². The minimum atomic E-state index is -0.653. The number of ether oxygens (including phenoxy) is 1. The molecule has 0 radical (unpaired) electrons. The summed E-state index contributed by atoms with van der Waals surface area (Å²) in [6, 6.07) is 7.01. The maximum Gasteiger partial charge on any atom is 0.412 e. The standard InChI is InChI=1S/C20H22N6O3/c1-20(2,3)29-19(28)23-16-6-10-22-12-15(16)18(27)24-17-7-11-26(25-17)13-14-4-8-21-9-5-14/h4-12H,13H2,1-3H3,(H,22,23,28)(H,24,25,27). The fraction of sp³-hybridized carbons (Fsp3) is 0.250. The molecular weight excluding hydrogens is 372 g/mol. The lowest BCUT2D eigenvalue weighted by molar-refractivity contribution is 0.0636. The van der Waals surface area contributed by atoms with Crippen LogP contribution in [0.1, 0.15) is 36.7 Å². The van der Waals surface area contributed by atoms with Gasteiger partial charge in [-0.2, -0.15) is 5.10 Å². The first-order chi connectivity index (χ1) is 13.8. The number of nitrogens with one attached hydrogen (secondary N) is 2. The topological polar surface area (TPSA) is 111 Å². The fourth-order valence-corrected chi connectivity index (χ4v) is 2.47. The fourth-order valence-electron chi connectivity index (χ4n) is 2.47. The van der Waals surface area contributed by atoms with E-state index in [2.05, 4.69) is 25.7 Å². The lowest BCUT2D eigenvalue weighted by atomic mass is 10.2. The summed E-state index contributed by atoms with van der Waals surface area (Å²) in [6.07, 6.45) is 7.38. The van der Waals surface area contributed by atoms with Gasteiger partial charge in [0.1, 0.15) is 5.60 Å². The van der Waals surface area contributed by atoms with Gasteiger partial charge in [0.25, 0.3) is 5.91 Å². The second-order valence-corrected chi connectivity index (χ2v) is 7.26. The summed E-state index contributed by atoms with van der Waals surface area (Å²) in [5, 5.41) is 9.63. The van der Waals surface area contributed by atoms with E-state index in [9.17, 15) is 9.59 Å². The van der Waals surface area contributed by atoms with Crippen LogP contribution in [0.2, 0.25) is 0 Å². The summed E-state index contributed by atoms with van der Waals surface area (Å²) in [7, 11) is 0. The molecular formula is C20H22N6O3. The van der Waals surface area contributed by atoms with E-state index in [1.807, 2.05) is 12.1 Å². The lowest BCUT2D eigenvalue weighted by Crippen LogP contribution is -2.28. The van der Waals surface area contributed by atoms with Crippen LogP contribution < -0.4 is 10.6 Å². The Hall–Kier alpha value is -3.75. The third-order valence-corrected chi connectivity index (χ3v) is 3.68. The highest BCUT2D eigenvalue weighted by atomic mass is 16.6. The van der Waals surface area contributed by atoms with Crippen LogP contribution in [0.15, 0.2) is 55.2 Å². The molecule has 9 heteroatoms. The van der Waals surface area contributed by atoms with Crippen LogP contribution in [0.3, 0.4) is 0 Å². The van der Waals surface area contributed by atoms with Gasteiger partial charge in [0.05, 0.1) is 17.8 Å². The van der Waals surface area contributed by atoms with Gasteiger partial charge in [-0.25, -0.2) is 4.79 Å². The van der Waals surface area contributed by atoms with Crippen LogP contribution in [-0.4, -0.2) is 37.3 Å². The summed E-state index contributed by atoms with van der Waals surface area (Å²) < 4.78 is 6.93. The molecule has 0 aliphatic rings. The van der Waals surface area contributed by atoms with E-state index < -0.39 is 17.6 Å². The number of carbonyl (C=O) groups is 2. The summed E-state index contributed by atoms with van der Waals surface area (Å²) in [4.78, 5) is 32.6. The number of pyridine rings is 2. The van der Waals surface area contributed by atoms with E-state index in [0.717, 1.165) is 5.56 Å². The van der Waals surface area contributed by atoms with Crippen molar-refractivity contribution in [2.45, 2.75) is 32.9 Å². The molecule has 0 bridgehead atoms. The average molecular weight is 394 g/mol. The van der Waals surface area contributed by atoms with Crippen molar-refractivity contribution >= 4 is 23.5 Å². The Morgan fingerprint density at radius 3 is 2.48 bits per heavy atom. The van der Waals surface area contributed by atoms with Crippen LogP contribution in [0, 0.1) is 0 Å². The summed E-state index contributed by atoms with van der Waals surface area (Å²) in [5.74, 6) is -0.0607. The molecule has 3 aromatic heterocycles.